The minimum absolute atomic E-state index is 0.00174. The Labute approximate surface area is 152 Å². The van der Waals surface area contributed by atoms with Gasteiger partial charge in [0.2, 0.25) is 0 Å². The van der Waals surface area contributed by atoms with Crippen molar-refractivity contribution in [2.45, 2.75) is 44.6 Å². The zero-order valence-corrected chi connectivity index (χ0v) is 14.9. The van der Waals surface area contributed by atoms with Crippen LogP contribution in [0, 0.1) is 17.5 Å². The molecule has 0 spiro atoms. The summed E-state index contributed by atoms with van der Waals surface area (Å²) >= 11 is 0. The first-order valence-corrected chi connectivity index (χ1v) is 9.07. The second kappa shape index (κ2) is 8.09. The minimum Gasteiger partial charge on any atom is -0.378 e. The normalized spacial score (nSPS) is 20.2. The van der Waals surface area contributed by atoms with Gasteiger partial charge in [0.15, 0.2) is 11.6 Å². The predicted octanol–water partition coefficient (Wildman–Crippen LogP) is 6.48. The van der Waals surface area contributed by atoms with E-state index in [1.165, 1.54) is 24.3 Å². The first kappa shape index (κ1) is 18.7. The summed E-state index contributed by atoms with van der Waals surface area (Å²) in [6, 6.07) is 7.47. The third kappa shape index (κ3) is 3.70. The molecular weight excluding hydrogens is 337 g/mol. The fourth-order valence-electron chi connectivity index (χ4n) is 3.57. The van der Waals surface area contributed by atoms with E-state index in [0.29, 0.717) is 17.7 Å². The molecule has 0 bridgehead atoms. The second-order valence-electron chi connectivity index (χ2n) is 6.79. The van der Waals surface area contributed by atoms with Gasteiger partial charge in [-0.05, 0) is 36.5 Å². The van der Waals surface area contributed by atoms with Crippen molar-refractivity contribution in [2.75, 3.05) is 6.61 Å². The molecule has 4 heteroatoms. The summed E-state index contributed by atoms with van der Waals surface area (Å²) in [4.78, 5) is 0. The highest BCUT2D eigenvalue weighted by Crippen LogP contribution is 2.34. The van der Waals surface area contributed by atoms with Crippen molar-refractivity contribution in [3.8, 4) is 11.1 Å². The van der Waals surface area contributed by atoms with Gasteiger partial charge in [-0.15, -0.1) is 0 Å². The van der Waals surface area contributed by atoms with Gasteiger partial charge in [0.05, 0.1) is 12.7 Å². The van der Waals surface area contributed by atoms with Crippen LogP contribution in [-0.2, 0) is 4.74 Å². The van der Waals surface area contributed by atoms with Crippen molar-refractivity contribution < 1.29 is 17.9 Å². The molecule has 2 aromatic carbocycles. The fourth-order valence-corrected chi connectivity index (χ4v) is 3.57. The fraction of sp³-hybridized carbons (Fsp3) is 0.364. The molecule has 0 amide bonds. The molecule has 26 heavy (non-hydrogen) atoms. The number of ether oxygens (including phenoxy) is 1. The molecule has 1 fully saturated rings. The van der Waals surface area contributed by atoms with Crippen molar-refractivity contribution >= 4 is 6.08 Å². The molecular formula is C22H23F3O. The monoisotopic (exact) mass is 360 g/mol. The molecule has 0 aliphatic carbocycles. The lowest BCUT2D eigenvalue weighted by Gasteiger charge is -2.29. The summed E-state index contributed by atoms with van der Waals surface area (Å²) in [6.45, 7) is 6.07. The summed E-state index contributed by atoms with van der Waals surface area (Å²) in [5.41, 5.74) is 1.02. The highest BCUT2D eigenvalue weighted by atomic mass is 19.2. The topological polar surface area (TPSA) is 9.23 Å². The zero-order valence-electron chi connectivity index (χ0n) is 14.9. The quantitative estimate of drug-likeness (QED) is 0.593. The lowest BCUT2D eigenvalue weighted by Crippen LogP contribution is -2.25. The molecule has 1 heterocycles. The van der Waals surface area contributed by atoms with Gasteiger partial charge in [-0.3, -0.25) is 0 Å². The van der Waals surface area contributed by atoms with Gasteiger partial charge < -0.3 is 4.74 Å². The van der Waals surface area contributed by atoms with Crippen LogP contribution in [0.2, 0.25) is 0 Å². The van der Waals surface area contributed by atoms with Crippen LogP contribution in [0.25, 0.3) is 17.2 Å². The lowest BCUT2D eigenvalue weighted by molar-refractivity contribution is -0.00172. The Morgan fingerprint density at radius 3 is 2.54 bits per heavy atom. The molecule has 0 N–H and O–H groups in total. The molecule has 3 rings (SSSR count). The van der Waals surface area contributed by atoms with Gasteiger partial charge >= 0.3 is 0 Å². The Kier molecular flexibility index (Phi) is 5.82. The first-order valence-electron chi connectivity index (χ1n) is 9.07. The molecule has 0 radical (unpaired) electrons. The van der Waals surface area contributed by atoms with E-state index >= 15 is 0 Å². The van der Waals surface area contributed by atoms with Crippen LogP contribution in [-0.4, -0.2) is 12.7 Å². The van der Waals surface area contributed by atoms with Crippen LogP contribution in [0.3, 0.4) is 0 Å². The molecule has 1 aliphatic heterocycles. The number of rotatable bonds is 5. The van der Waals surface area contributed by atoms with E-state index in [2.05, 4.69) is 13.5 Å². The average Bonchev–Trinajstić information content (AvgIpc) is 2.65. The van der Waals surface area contributed by atoms with E-state index in [9.17, 15) is 13.2 Å². The van der Waals surface area contributed by atoms with Crippen molar-refractivity contribution in [2.24, 2.45) is 0 Å². The Bertz CT molecular complexity index is 792. The lowest BCUT2D eigenvalue weighted by atomic mass is 9.89. The maximum absolute atomic E-state index is 14.7. The van der Waals surface area contributed by atoms with Crippen molar-refractivity contribution in [1.29, 1.82) is 0 Å². The number of benzene rings is 2. The first-order chi connectivity index (χ1) is 12.5. The van der Waals surface area contributed by atoms with Gasteiger partial charge in [-0.2, -0.15) is 0 Å². The number of halogens is 3. The van der Waals surface area contributed by atoms with Gasteiger partial charge in [0.25, 0.3) is 0 Å². The van der Waals surface area contributed by atoms with Crippen LogP contribution >= 0.6 is 0 Å². The number of hydrogen-bond donors (Lipinski definition) is 0. The molecule has 1 saturated heterocycles. The molecule has 1 nitrogen and oxygen atoms in total. The molecule has 0 aromatic heterocycles. The Morgan fingerprint density at radius 2 is 1.92 bits per heavy atom. The Hall–Kier alpha value is -2.07. The Morgan fingerprint density at radius 1 is 1.12 bits per heavy atom. The van der Waals surface area contributed by atoms with Crippen molar-refractivity contribution in [3.05, 3.63) is 65.5 Å². The molecule has 2 aromatic rings. The van der Waals surface area contributed by atoms with Crippen LogP contribution < -0.4 is 0 Å². The molecule has 138 valence electrons. The minimum atomic E-state index is -0.988. The summed E-state index contributed by atoms with van der Waals surface area (Å²) < 4.78 is 48.7. The van der Waals surface area contributed by atoms with Gasteiger partial charge in [0, 0.05) is 17.0 Å². The largest absolute Gasteiger partial charge is 0.378 e. The van der Waals surface area contributed by atoms with E-state index < -0.39 is 17.5 Å². The SMILES string of the molecule is C=Cc1ccc(-c2ccc(C3CCC(CCC)OC3)c(F)c2)c(F)c1F. The zero-order chi connectivity index (χ0) is 18.7. The highest BCUT2D eigenvalue weighted by Gasteiger charge is 2.25. The van der Waals surface area contributed by atoms with Crippen LogP contribution in [0.5, 0.6) is 0 Å². The van der Waals surface area contributed by atoms with Crippen molar-refractivity contribution in [3.63, 3.8) is 0 Å². The van der Waals surface area contributed by atoms with Gasteiger partial charge in [-0.25, -0.2) is 13.2 Å². The Balaban J connectivity index is 1.83. The van der Waals surface area contributed by atoms with E-state index in [1.807, 2.05) is 0 Å². The smallest absolute Gasteiger partial charge is 0.167 e. The maximum atomic E-state index is 14.7. The van der Waals surface area contributed by atoms with E-state index in [0.717, 1.165) is 25.7 Å². The van der Waals surface area contributed by atoms with Crippen LogP contribution in [0.4, 0.5) is 13.2 Å². The molecule has 2 unspecified atom stereocenters. The van der Waals surface area contributed by atoms with Crippen LogP contribution in [0.15, 0.2) is 36.9 Å². The molecule has 0 saturated carbocycles. The molecule has 2 atom stereocenters. The van der Waals surface area contributed by atoms with Crippen LogP contribution in [0.1, 0.15) is 49.7 Å². The van der Waals surface area contributed by atoms with E-state index in [1.54, 1.807) is 12.1 Å². The van der Waals surface area contributed by atoms with Crippen molar-refractivity contribution in [1.82, 2.24) is 0 Å². The second-order valence-corrected chi connectivity index (χ2v) is 6.79. The standard InChI is InChI=1S/C22H23F3O/c1-3-5-17-9-6-16(13-26-17)18-10-8-15(12-20(18)23)19-11-7-14(4-2)21(24)22(19)25/h4,7-8,10-12,16-17H,2-3,5-6,9,13H2,1H3. The van der Waals surface area contributed by atoms with E-state index in [4.69, 9.17) is 4.74 Å². The third-order valence-electron chi connectivity index (χ3n) is 5.06. The highest BCUT2D eigenvalue weighted by molar-refractivity contribution is 5.67. The summed E-state index contributed by atoms with van der Waals surface area (Å²) in [6.07, 6.45) is 5.41. The van der Waals surface area contributed by atoms with Gasteiger partial charge in [-0.1, -0.05) is 50.3 Å². The maximum Gasteiger partial charge on any atom is 0.167 e. The third-order valence-corrected chi connectivity index (χ3v) is 5.06. The summed E-state index contributed by atoms with van der Waals surface area (Å²) in [5, 5.41) is 0. The number of hydrogen-bond acceptors (Lipinski definition) is 1. The average molecular weight is 360 g/mol. The van der Waals surface area contributed by atoms with Gasteiger partial charge in [0.1, 0.15) is 5.82 Å². The van der Waals surface area contributed by atoms with E-state index in [-0.39, 0.29) is 23.1 Å². The summed E-state index contributed by atoms with van der Waals surface area (Å²) in [5.74, 6) is -2.36. The molecule has 1 aliphatic rings. The predicted molar refractivity (Wildman–Crippen MR) is 98.5 cm³/mol. The summed E-state index contributed by atoms with van der Waals surface area (Å²) in [7, 11) is 0.